The number of hydrogen-bond acceptors (Lipinski definition) is 3. The Morgan fingerprint density at radius 2 is 1.72 bits per heavy atom. The summed E-state index contributed by atoms with van der Waals surface area (Å²) in [6.07, 6.45) is 0.610. The van der Waals surface area contributed by atoms with Crippen LogP contribution in [0.15, 0.2) is 65.3 Å². The highest BCUT2D eigenvalue weighted by atomic mass is 79.9. The fourth-order valence-corrected chi connectivity index (χ4v) is 3.33. The summed E-state index contributed by atoms with van der Waals surface area (Å²) in [5.74, 6) is -0.420. The molecule has 0 radical (unpaired) electrons. The molecule has 3 aromatic rings. The maximum Gasteiger partial charge on any atom is 0.252 e. The number of fused-ring (bicyclic) bond motifs is 1. The van der Waals surface area contributed by atoms with Crippen molar-refractivity contribution >= 4 is 90.6 Å². The first-order valence-corrected chi connectivity index (χ1v) is 10.6. The number of alkyl halides is 3. The standard InChI is InChI=1S/C19H14BrCl3N4OS/c20-13-8-6-12(7-9-13)16(28)26-17(19(21,22)23)27-18(29)25-14-5-1-3-11-4-2-10-24-15(11)14/h1-10,17H,(H,26,28)(H2,25,27,29)/t17-/m0/s1. The van der Waals surface area contributed by atoms with Crippen LogP contribution in [0.5, 0.6) is 0 Å². The van der Waals surface area contributed by atoms with Crippen molar-refractivity contribution in [2.75, 3.05) is 5.32 Å². The first kappa shape index (κ1) is 22.1. The monoisotopic (exact) mass is 530 g/mol. The smallest absolute Gasteiger partial charge is 0.252 e. The van der Waals surface area contributed by atoms with E-state index in [0.29, 0.717) is 11.3 Å². The summed E-state index contributed by atoms with van der Waals surface area (Å²) in [6.45, 7) is 0. The number of benzene rings is 2. The van der Waals surface area contributed by atoms with Crippen LogP contribution in [0.2, 0.25) is 0 Å². The van der Waals surface area contributed by atoms with Crippen LogP contribution in [-0.2, 0) is 0 Å². The summed E-state index contributed by atoms with van der Waals surface area (Å²) in [5, 5.41) is 9.62. The fraction of sp³-hybridized carbons (Fsp3) is 0.105. The zero-order valence-electron chi connectivity index (χ0n) is 14.6. The lowest BCUT2D eigenvalue weighted by Crippen LogP contribution is -2.56. The van der Waals surface area contributed by atoms with Crippen molar-refractivity contribution < 1.29 is 4.79 Å². The van der Waals surface area contributed by atoms with Crippen molar-refractivity contribution in [3.8, 4) is 0 Å². The Morgan fingerprint density at radius 3 is 2.41 bits per heavy atom. The number of amides is 1. The van der Waals surface area contributed by atoms with E-state index in [9.17, 15) is 4.79 Å². The predicted molar refractivity (Wildman–Crippen MR) is 127 cm³/mol. The first-order valence-electron chi connectivity index (χ1n) is 8.28. The summed E-state index contributed by atoms with van der Waals surface area (Å²) in [5.41, 5.74) is 1.83. The molecule has 150 valence electrons. The van der Waals surface area contributed by atoms with E-state index in [1.54, 1.807) is 30.5 Å². The van der Waals surface area contributed by atoms with Crippen LogP contribution in [0.3, 0.4) is 0 Å². The Morgan fingerprint density at radius 1 is 1.03 bits per heavy atom. The number of aromatic nitrogens is 1. The Labute approximate surface area is 196 Å². The molecule has 0 bridgehead atoms. The average Bonchev–Trinajstić information content (AvgIpc) is 2.67. The van der Waals surface area contributed by atoms with Gasteiger partial charge < -0.3 is 16.0 Å². The SMILES string of the molecule is O=C(N[C@@H](NC(=S)Nc1cccc2cccnc12)C(Cl)(Cl)Cl)c1ccc(Br)cc1. The van der Waals surface area contributed by atoms with Gasteiger partial charge in [0.2, 0.25) is 3.79 Å². The van der Waals surface area contributed by atoms with E-state index in [0.717, 1.165) is 15.4 Å². The van der Waals surface area contributed by atoms with Crippen LogP contribution < -0.4 is 16.0 Å². The Hall–Kier alpha value is -1.64. The van der Waals surface area contributed by atoms with Gasteiger partial charge in [-0.2, -0.15) is 0 Å². The number of para-hydroxylation sites is 1. The molecule has 2 aromatic carbocycles. The number of rotatable bonds is 4. The Balaban J connectivity index is 1.73. The molecule has 0 fully saturated rings. The highest BCUT2D eigenvalue weighted by Gasteiger charge is 2.35. The molecule has 1 amide bonds. The summed E-state index contributed by atoms with van der Waals surface area (Å²) >= 11 is 26.8. The highest BCUT2D eigenvalue weighted by Crippen LogP contribution is 2.29. The molecule has 0 spiro atoms. The summed E-state index contributed by atoms with van der Waals surface area (Å²) in [7, 11) is 0. The van der Waals surface area contributed by atoms with Gasteiger partial charge in [-0.15, -0.1) is 0 Å². The quantitative estimate of drug-likeness (QED) is 0.238. The molecule has 0 saturated heterocycles. The minimum Gasteiger partial charge on any atom is -0.339 e. The number of pyridine rings is 1. The molecule has 1 atom stereocenters. The van der Waals surface area contributed by atoms with Crippen molar-refractivity contribution in [2.45, 2.75) is 9.96 Å². The normalized spacial score (nSPS) is 12.3. The van der Waals surface area contributed by atoms with Crippen LogP contribution >= 0.6 is 63.0 Å². The number of nitrogens with one attached hydrogen (secondary N) is 3. The van der Waals surface area contributed by atoms with Gasteiger partial charge in [0.15, 0.2) is 5.11 Å². The molecule has 1 heterocycles. The minimum atomic E-state index is -1.85. The molecule has 0 aliphatic heterocycles. The van der Waals surface area contributed by atoms with Gasteiger partial charge in [-0.3, -0.25) is 9.78 Å². The summed E-state index contributed by atoms with van der Waals surface area (Å²) in [6, 6.07) is 16.2. The van der Waals surface area contributed by atoms with Gasteiger partial charge in [0.05, 0.1) is 11.2 Å². The maximum absolute atomic E-state index is 12.5. The number of hydrogen-bond donors (Lipinski definition) is 3. The van der Waals surface area contributed by atoms with E-state index in [2.05, 4.69) is 36.9 Å². The second-order valence-electron chi connectivity index (χ2n) is 5.93. The third kappa shape index (κ3) is 5.93. The van der Waals surface area contributed by atoms with Crippen molar-refractivity contribution in [1.82, 2.24) is 15.6 Å². The van der Waals surface area contributed by atoms with Gasteiger partial charge in [0.1, 0.15) is 6.17 Å². The predicted octanol–water partition coefficient (Wildman–Crippen LogP) is 5.41. The van der Waals surface area contributed by atoms with E-state index in [-0.39, 0.29) is 5.11 Å². The van der Waals surface area contributed by atoms with E-state index < -0.39 is 15.9 Å². The zero-order chi connectivity index (χ0) is 21.0. The highest BCUT2D eigenvalue weighted by molar-refractivity contribution is 9.10. The lowest BCUT2D eigenvalue weighted by atomic mass is 10.2. The average molecular weight is 533 g/mol. The van der Waals surface area contributed by atoms with E-state index >= 15 is 0 Å². The largest absolute Gasteiger partial charge is 0.339 e. The van der Waals surface area contributed by atoms with E-state index in [4.69, 9.17) is 47.0 Å². The van der Waals surface area contributed by atoms with Gasteiger partial charge in [0.25, 0.3) is 5.91 Å². The van der Waals surface area contributed by atoms with Gasteiger partial charge in [-0.1, -0.05) is 68.9 Å². The molecule has 0 aliphatic carbocycles. The number of thiocarbonyl (C=S) groups is 1. The number of carbonyl (C=O) groups excluding carboxylic acids is 1. The molecule has 3 N–H and O–H groups in total. The van der Waals surface area contributed by atoms with Crippen LogP contribution in [-0.4, -0.2) is 26.0 Å². The van der Waals surface area contributed by atoms with Gasteiger partial charge in [-0.05, 0) is 48.6 Å². The number of anilines is 1. The Kier molecular flexibility index (Phi) is 7.19. The van der Waals surface area contributed by atoms with Crippen molar-refractivity contribution in [2.24, 2.45) is 0 Å². The molecule has 0 aliphatic rings. The van der Waals surface area contributed by atoms with Crippen molar-refractivity contribution in [1.29, 1.82) is 0 Å². The van der Waals surface area contributed by atoms with Crippen LogP contribution in [0.1, 0.15) is 10.4 Å². The molecule has 0 unspecified atom stereocenters. The van der Waals surface area contributed by atoms with Gasteiger partial charge in [-0.25, -0.2) is 0 Å². The Bertz CT molecular complexity index is 1040. The first-order chi connectivity index (χ1) is 13.7. The van der Waals surface area contributed by atoms with Crippen molar-refractivity contribution in [3.05, 3.63) is 70.8 Å². The molecule has 10 heteroatoms. The lowest BCUT2D eigenvalue weighted by Gasteiger charge is -2.28. The third-order valence-electron chi connectivity index (χ3n) is 3.87. The molecule has 1 aromatic heterocycles. The summed E-state index contributed by atoms with van der Waals surface area (Å²) < 4.78 is -1.01. The van der Waals surface area contributed by atoms with Crippen LogP contribution in [0, 0.1) is 0 Å². The molecular weight excluding hydrogens is 519 g/mol. The number of carbonyl (C=O) groups is 1. The van der Waals surface area contributed by atoms with Gasteiger partial charge >= 0.3 is 0 Å². The molecule has 0 saturated carbocycles. The molecule has 5 nitrogen and oxygen atoms in total. The van der Waals surface area contributed by atoms with Crippen molar-refractivity contribution in [3.63, 3.8) is 0 Å². The summed E-state index contributed by atoms with van der Waals surface area (Å²) in [4.78, 5) is 16.9. The zero-order valence-corrected chi connectivity index (χ0v) is 19.3. The fourth-order valence-electron chi connectivity index (χ4n) is 2.51. The number of halogens is 4. The molecular formula is C19H14BrCl3N4OS. The maximum atomic E-state index is 12.5. The number of nitrogens with zero attached hydrogens (tertiary/aromatic N) is 1. The van der Waals surface area contributed by atoms with E-state index in [1.807, 2.05) is 30.3 Å². The molecule has 3 rings (SSSR count). The second-order valence-corrected chi connectivity index (χ2v) is 9.63. The van der Waals surface area contributed by atoms with E-state index in [1.165, 1.54) is 0 Å². The van der Waals surface area contributed by atoms with Crippen LogP contribution in [0.25, 0.3) is 10.9 Å². The topological polar surface area (TPSA) is 66.1 Å². The lowest BCUT2D eigenvalue weighted by molar-refractivity contribution is 0.0934. The minimum absolute atomic E-state index is 0.163. The van der Waals surface area contributed by atoms with Crippen LogP contribution in [0.4, 0.5) is 5.69 Å². The molecule has 29 heavy (non-hydrogen) atoms. The van der Waals surface area contributed by atoms with Gasteiger partial charge in [0, 0.05) is 21.6 Å². The third-order valence-corrected chi connectivity index (χ3v) is 5.27. The second kappa shape index (κ2) is 9.45.